The molecule has 7 heteroatoms. The summed E-state index contributed by atoms with van der Waals surface area (Å²) in [4.78, 5) is 30.1. The molecule has 0 amide bonds. The predicted octanol–water partition coefficient (Wildman–Crippen LogP) is 2.07. The summed E-state index contributed by atoms with van der Waals surface area (Å²) >= 11 is 3.18. The number of esters is 1. The van der Waals surface area contributed by atoms with Crippen molar-refractivity contribution in [2.75, 3.05) is 30.1 Å². The fourth-order valence-electron chi connectivity index (χ4n) is 1.92. The Kier molecular flexibility index (Phi) is 4.46. The van der Waals surface area contributed by atoms with Crippen LogP contribution in [0.1, 0.15) is 34.0 Å². The molecule has 5 nitrogen and oxygen atoms in total. The van der Waals surface area contributed by atoms with Gasteiger partial charge in [-0.05, 0) is 6.92 Å². The number of rotatable bonds is 3. The number of hydrogen-bond donors (Lipinski definition) is 0. The largest absolute Gasteiger partial charge is 0.464 e. The Labute approximate surface area is 120 Å². The molecule has 1 aliphatic rings. The normalized spacial score (nSPS) is 19.3. The molecule has 1 fully saturated rings. The molecule has 1 atom stereocenters. The Balaban J connectivity index is 2.36. The molecule has 0 radical (unpaired) electrons. The number of carbonyl (C=O) groups excluding carboxylic acids is 2. The van der Waals surface area contributed by atoms with Gasteiger partial charge in [-0.2, -0.15) is 11.8 Å². The van der Waals surface area contributed by atoms with Gasteiger partial charge in [0.25, 0.3) is 0 Å². The first kappa shape index (κ1) is 14.3. The van der Waals surface area contributed by atoms with Crippen molar-refractivity contribution in [1.29, 1.82) is 0 Å². The summed E-state index contributed by atoms with van der Waals surface area (Å²) < 4.78 is 4.68. The van der Waals surface area contributed by atoms with E-state index in [0.29, 0.717) is 10.9 Å². The highest BCUT2D eigenvalue weighted by Crippen LogP contribution is 2.31. The van der Waals surface area contributed by atoms with Gasteiger partial charge in [0.05, 0.1) is 7.11 Å². The van der Waals surface area contributed by atoms with Gasteiger partial charge in [0, 0.05) is 31.0 Å². The number of thioether (sulfide) groups is 1. The summed E-state index contributed by atoms with van der Waals surface area (Å²) in [6, 6.07) is 0.357. The van der Waals surface area contributed by atoms with Gasteiger partial charge >= 0.3 is 5.97 Å². The Bertz CT molecular complexity index is 501. The van der Waals surface area contributed by atoms with Crippen molar-refractivity contribution in [3.63, 3.8) is 0 Å². The van der Waals surface area contributed by atoms with Crippen LogP contribution in [0.15, 0.2) is 0 Å². The van der Waals surface area contributed by atoms with Gasteiger partial charge < -0.3 is 9.64 Å². The zero-order valence-electron chi connectivity index (χ0n) is 11.1. The standard InChI is InChI=1S/C12H16N2O3S2/c1-7-6-18-5-4-14(7)12-13-9(11(16)17-3)10(19-12)8(2)15/h7H,4-6H2,1-3H3. The molecule has 1 saturated heterocycles. The maximum atomic E-state index is 11.7. The van der Waals surface area contributed by atoms with E-state index in [0.717, 1.165) is 23.2 Å². The predicted molar refractivity (Wildman–Crippen MR) is 77.6 cm³/mol. The lowest BCUT2D eigenvalue weighted by Gasteiger charge is -2.32. The van der Waals surface area contributed by atoms with Crippen LogP contribution < -0.4 is 4.90 Å². The molecule has 0 N–H and O–H groups in total. The second kappa shape index (κ2) is 5.92. The van der Waals surface area contributed by atoms with E-state index in [9.17, 15) is 9.59 Å². The minimum Gasteiger partial charge on any atom is -0.464 e. The molecule has 19 heavy (non-hydrogen) atoms. The summed E-state index contributed by atoms with van der Waals surface area (Å²) in [7, 11) is 1.30. The molecule has 0 saturated carbocycles. The van der Waals surface area contributed by atoms with Crippen molar-refractivity contribution in [1.82, 2.24) is 4.98 Å². The summed E-state index contributed by atoms with van der Waals surface area (Å²) in [5.41, 5.74) is 0.139. The van der Waals surface area contributed by atoms with E-state index in [1.807, 2.05) is 11.8 Å². The number of ketones is 1. The van der Waals surface area contributed by atoms with Crippen LogP contribution in [0, 0.1) is 0 Å². The number of nitrogens with zero attached hydrogens (tertiary/aromatic N) is 2. The number of hydrogen-bond acceptors (Lipinski definition) is 7. The van der Waals surface area contributed by atoms with Crippen molar-refractivity contribution in [2.24, 2.45) is 0 Å². The fraction of sp³-hybridized carbons (Fsp3) is 0.583. The first-order valence-electron chi connectivity index (χ1n) is 5.99. The molecule has 104 valence electrons. The van der Waals surface area contributed by atoms with Crippen LogP contribution in [0.2, 0.25) is 0 Å². The van der Waals surface area contributed by atoms with E-state index in [1.165, 1.54) is 25.4 Å². The molecular formula is C12H16N2O3S2. The Morgan fingerprint density at radius 1 is 1.47 bits per heavy atom. The van der Waals surface area contributed by atoms with Gasteiger partial charge in [-0.25, -0.2) is 9.78 Å². The number of carbonyl (C=O) groups is 2. The van der Waals surface area contributed by atoms with Crippen LogP contribution >= 0.6 is 23.1 Å². The zero-order chi connectivity index (χ0) is 14.0. The van der Waals surface area contributed by atoms with Crippen LogP contribution in [0.5, 0.6) is 0 Å². The first-order valence-corrected chi connectivity index (χ1v) is 7.96. The quantitative estimate of drug-likeness (QED) is 0.629. The Morgan fingerprint density at radius 3 is 2.79 bits per heavy atom. The summed E-state index contributed by atoms with van der Waals surface area (Å²) in [5.74, 6) is 1.37. The molecule has 0 aromatic carbocycles. The number of Topliss-reactive ketones (excluding diaryl/α,β-unsaturated/α-hetero) is 1. The molecule has 1 aromatic rings. The van der Waals surface area contributed by atoms with Crippen LogP contribution in [-0.2, 0) is 4.74 Å². The smallest absolute Gasteiger partial charge is 0.358 e. The number of aromatic nitrogens is 1. The van der Waals surface area contributed by atoms with Crippen LogP contribution in [0.4, 0.5) is 5.13 Å². The van der Waals surface area contributed by atoms with Crippen molar-refractivity contribution in [2.45, 2.75) is 19.9 Å². The first-order chi connectivity index (χ1) is 9.04. The second-order valence-corrected chi connectivity index (χ2v) is 6.47. The van der Waals surface area contributed by atoms with E-state index >= 15 is 0 Å². The highest BCUT2D eigenvalue weighted by Gasteiger charge is 2.27. The number of anilines is 1. The molecule has 2 heterocycles. The van der Waals surface area contributed by atoms with Crippen molar-refractivity contribution >= 4 is 40.0 Å². The van der Waals surface area contributed by atoms with Crippen molar-refractivity contribution in [3.8, 4) is 0 Å². The van der Waals surface area contributed by atoms with Crippen molar-refractivity contribution in [3.05, 3.63) is 10.6 Å². The summed E-state index contributed by atoms with van der Waals surface area (Å²) in [6.45, 7) is 4.45. The van der Waals surface area contributed by atoms with E-state index in [4.69, 9.17) is 0 Å². The number of methoxy groups -OCH3 is 1. The lowest BCUT2D eigenvalue weighted by atomic mass is 10.3. The lowest BCUT2D eigenvalue weighted by molar-refractivity contribution is 0.0591. The molecule has 0 aliphatic carbocycles. The van der Waals surface area contributed by atoms with Crippen LogP contribution in [-0.4, -0.2) is 47.9 Å². The lowest BCUT2D eigenvalue weighted by Crippen LogP contribution is -2.40. The minimum atomic E-state index is -0.549. The topological polar surface area (TPSA) is 59.5 Å². The Hall–Kier alpha value is -1.08. The minimum absolute atomic E-state index is 0.139. The molecule has 1 aliphatic heterocycles. The average molecular weight is 300 g/mol. The van der Waals surface area contributed by atoms with Crippen LogP contribution in [0.3, 0.4) is 0 Å². The zero-order valence-corrected chi connectivity index (χ0v) is 12.8. The van der Waals surface area contributed by atoms with Gasteiger partial charge in [-0.1, -0.05) is 11.3 Å². The van der Waals surface area contributed by atoms with Gasteiger partial charge in [-0.3, -0.25) is 4.79 Å². The highest BCUT2D eigenvalue weighted by molar-refractivity contribution is 7.99. The highest BCUT2D eigenvalue weighted by atomic mass is 32.2. The third-order valence-corrected chi connectivity index (χ3v) is 5.31. The maximum absolute atomic E-state index is 11.7. The third kappa shape index (κ3) is 2.92. The fourth-order valence-corrected chi connectivity index (χ4v) is 4.01. The van der Waals surface area contributed by atoms with E-state index in [1.54, 1.807) is 0 Å². The van der Waals surface area contributed by atoms with E-state index in [2.05, 4.69) is 21.5 Å². The third-order valence-electron chi connectivity index (χ3n) is 2.93. The second-order valence-electron chi connectivity index (χ2n) is 4.34. The van der Waals surface area contributed by atoms with Gasteiger partial charge in [0.2, 0.25) is 0 Å². The van der Waals surface area contributed by atoms with Crippen LogP contribution in [0.25, 0.3) is 0 Å². The Morgan fingerprint density at radius 2 is 2.21 bits per heavy atom. The summed E-state index contributed by atoms with van der Waals surface area (Å²) in [5, 5.41) is 0.735. The molecule has 1 unspecified atom stereocenters. The number of thiazole rings is 1. The van der Waals surface area contributed by atoms with Gasteiger partial charge in [0.15, 0.2) is 16.6 Å². The molecule has 0 bridgehead atoms. The van der Waals surface area contributed by atoms with E-state index in [-0.39, 0.29) is 11.5 Å². The monoisotopic (exact) mass is 300 g/mol. The maximum Gasteiger partial charge on any atom is 0.358 e. The molecule has 0 spiro atoms. The van der Waals surface area contributed by atoms with Gasteiger partial charge in [-0.15, -0.1) is 0 Å². The van der Waals surface area contributed by atoms with E-state index < -0.39 is 5.97 Å². The molecule has 2 rings (SSSR count). The number of ether oxygens (including phenoxy) is 1. The van der Waals surface area contributed by atoms with Gasteiger partial charge in [0.1, 0.15) is 4.88 Å². The SMILES string of the molecule is COC(=O)c1nc(N2CCSCC2C)sc1C(C)=O. The molecule has 1 aromatic heterocycles. The average Bonchev–Trinajstić information content (AvgIpc) is 2.83. The molecular weight excluding hydrogens is 284 g/mol. The summed E-state index contributed by atoms with van der Waals surface area (Å²) in [6.07, 6.45) is 0. The van der Waals surface area contributed by atoms with Crippen molar-refractivity contribution < 1.29 is 14.3 Å².